The van der Waals surface area contributed by atoms with Crippen molar-refractivity contribution in [2.45, 2.75) is 18.9 Å². The predicted octanol–water partition coefficient (Wildman–Crippen LogP) is 2.46. The van der Waals surface area contributed by atoms with Crippen molar-refractivity contribution in [2.75, 3.05) is 26.7 Å². The molecule has 0 spiro atoms. The maximum absolute atomic E-state index is 12.0. The van der Waals surface area contributed by atoms with Crippen molar-refractivity contribution in [2.24, 2.45) is 0 Å². The van der Waals surface area contributed by atoms with E-state index in [2.05, 4.69) is 21.2 Å². The van der Waals surface area contributed by atoms with Crippen LogP contribution in [0.5, 0.6) is 5.75 Å². The molecular formula is C14H20BrClN2O2. The third-order valence-electron chi connectivity index (χ3n) is 3.39. The minimum Gasteiger partial charge on any atom is -0.492 e. The number of likely N-dealkylation sites (N-methyl/N-ethyl adjacent to an activating group) is 1. The summed E-state index contributed by atoms with van der Waals surface area (Å²) in [4.78, 5) is 13.8. The van der Waals surface area contributed by atoms with E-state index < -0.39 is 0 Å². The molecule has 20 heavy (non-hydrogen) atoms. The molecule has 0 saturated carbocycles. The molecule has 1 aromatic carbocycles. The van der Waals surface area contributed by atoms with Crippen molar-refractivity contribution in [1.29, 1.82) is 0 Å². The Hall–Kier alpha value is -0.780. The van der Waals surface area contributed by atoms with E-state index in [1.807, 2.05) is 36.2 Å². The molecule has 4 nitrogen and oxygen atoms in total. The van der Waals surface area contributed by atoms with E-state index in [0.717, 1.165) is 29.7 Å². The van der Waals surface area contributed by atoms with E-state index in [0.29, 0.717) is 19.1 Å². The van der Waals surface area contributed by atoms with Crippen LogP contribution in [0.15, 0.2) is 28.7 Å². The number of hydrogen-bond acceptors (Lipinski definition) is 3. The number of carbonyl (C=O) groups excluding carboxylic acids is 1. The van der Waals surface area contributed by atoms with Crippen molar-refractivity contribution in [1.82, 2.24) is 10.2 Å². The van der Waals surface area contributed by atoms with E-state index in [1.54, 1.807) is 0 Å². The standard InChI is InChI=1S/C14H19BrN2O2.ClH/c1-17(11-6-8-16-10-11)14(18)7-9-19-13-5-3-2-4-12(13)15;/h2-5,11,16H,6-10H2,1H3;1H. The highest BCUT2D eigenvalue weighted by atomic mass is 79.9. The van der Waals surface area contributed by atoms with Gasteiger partial charge in [0.05, 0.1) is 17.5 Å². The smallest absolute Gasteiger partial charge is 0.226 e. The Balaban J connectivity index is 0.00000200. The van der Waals surface area contributed by atoms with Crippen molar-refractivity contribution < 1.29 is 9.53 Å². The van der Waals surface area contributed by atoms with Crippen molar-refractivity contribution in [3.8, 4) is 5.75 Å². The highest BCUT2D eigenvalue weighted by Crippen LogP contribution is 2.23. The van der Waals surface area contributed by atoms with E-state index in [1.165, 1.54) is 0 Å². The van der Waals surface area contributed by atoms with Crippen molar-refractivity contribution in [3.05, 3.63) is 28.7 Å². The third kappa shape index (κ3) is 4.65. The Morgan fingerprint density at radius 3 is 2.90 bits per heavy atom. The molecule has 6 heteroatoms. The summed E-state index contributed by atoms with van der Waals surface area (Å²) in [7, 11) is 1.87. The minimum atomic E-state index is 0. The number of hydrogen-bond donors (Lipinski definition) is 1. The third-order valence-corrected chi connectivity index (χ3v) is 4.04. The molecule has 1 unspecified atom stereocenters. The summed E-state index contributed by atoms with van der Waals surface area (Å²) in [5.74, 6) is 0.918. The number of nitrogens with one attached hydrogen (secondary N) is 1. The lowest BCUT2D eigenvalue weighted by molar-refractivity contribution is -0.132. The number of rotatable bonds is 5. The molecule has 1 saturated heterocycles. The molecule has 1 aliphatic heterocycles. The van der Waals surface area contributed by atoms with Gasteiger partial charge < -0.3 is 15.0 Å². The summed E-state index contributed by atoms with van der Waals surface area (Å²) in [5, 5.41) is 3.27. The number of amides is 1. The second kappa shape index (κ2) is 8.49. The zero-order valence-corrected chi connectivity index (χ0v) is 13.9. The first-order valence-electron chi connectivity index (χ1n) is 6.52. The molecule has 0 bridgehead atoms. The first-order chi connectivity index (χ1) is 9.18. The van der Waals surface area contributed by atoms with Gasteiger partial charge in [0.1, 0.15) is 5.75 Å². The highest BCUT2D eigenvalue weighted by molar-refractivity contribution is 9.10. The van der Waals surface area contributed by atoms with Gasteiger partial charge in [-0.25, -0.2) is 0 Å². The zero-order valence-electron chi connectivity index (χ0n) is 11.5. The van der Waals surface area contributed by atoms with Gasteiger partial charge in [-0.1, -0.05) is 12.1 Å². The first-order valence-corrected chi connectivity index (χ1v) is 7.31. The Bertz CT molecular complexity index is 439. The van der Waals surface area contributed by atoms with Crippen LogP contribution in [0, 0.1) is 0 Å². The number of halogens is 2. The van der Waals surface area contributed by atoms with E-state index in [4.69, 9.17) is 4.74 Å². The number of ether oxygens (including phenoxy) is 1. The maximum Gasteiger partial charge on any atom is 0.226 e. The van der Waals surface area contributed by atoms with Crippen LogP contribution in [0.3, 0.4) is 0 Å². The lowest BCUT2D eigenvalue weighted by Gasteiger charge is -2.23. The summed E-state index contributed by atoms with van der Waals surface area (Å²) in [5.41, 5.74) is 0. The molecule has 1 heterocycles. The second-order valence-corrected chi connectivity index (χ2v) is 5.53. The fourth-order valence-electron chi connectivity index (χ4n) is 2.16. The van der Waals surface area contributed by atoms with Gasteiger partial charge in [-0.2, -0.15) is 0 Å². The largest absolute Gasteiger partial charge is 0.492 e. The number of carbonyl (C=O) groups is 1. The lowest BCUT2D eigenvalue weighted by Crippen LogP contribution is -2.38. The summed E-state index contributed by atoms with van der Waals surface area (Å²) >= 11 is 3.42. The zero-order chi connectivity index (χ0) is 13.7. The Labute approximate surface area is 134 Å². The van der Waals surface area contributed by atoms with Crippen LogP contribution in [-0.2, 0) is 4.79 Å². The molecule has 112 valence electrons. The Morgan fingerprint density at radius 2 is 2.25 bits per heavy atom. The van der Waals surface area contributed by atoms with Crippen LogP contribution >= 0.6 is 28.3 Å². The lowest BCUT2D eigenvalue weighted by atomic mass is 10.2. The van der Waals surface area contributed by atoms with Crippen LogP contribution < -0.4 is 10.1 Å². The van der Waals surface area contributed by atoms with E-state index in [-0.39, 0.29) is 18.3 Å². The van der Waals surface area contributed by atoms with E-state index >= 15 is 0 Å². The van der Waals surface area contributed by atoms with Gasteiger partial charge in [0, 0.05) is 19.6 Å². The van der Waals surface area contributed by atoms with Gasteiger partial charge in [0.15, 0.2) is 0 Å². The maximum atomic E-state index is 12.0. The monoisotopic (exact) mass is 362 g/mol. The predicted molar refractivity (Wildman–Crippen MR) is 85.5 cm³/mol. The van der Waals surface area contributed by atoms with Crippen LogP contribution in [0.25, 0.3) is 0 Å². The fourth-order valence-corrected chi connectivity index (χ4v) is 2.56. The van der Waals surface area contributed by atoms with Crippen LogP contribution in [0.2, 0.25) is 0 Å². The molecular weight excluding hydrogens is 344 g/mol. The molecule has 0 aliphatic carbocycles. The number of benzene rings is 1. The highest BCUT2D eigenvalue weighted by Gasteiger charge is 2.22. The molecule has 1 N–H and O–H groups in total. The van der Waals surface area contributed by atoms with Gasteiger partial charge >= 0.3 is 0 Å². The summed E-state index contributed by atoms with van der Waals surface area (Å²) in [6, 6.07) is 7.99. The molecule has 1 amide bonds. The van der Waals surface area contributed by atoms with Crippen molar-refractivity contribution in [3.63, 3.8) is 0 Å². The van der Waals surface area contributed by atoms with Gasteiger partial charge in [0.25, 0.3) is 0 Å². The second-order valence-electron chi connectivity index (χ2n) is 4.68. The van der Waals surface area contributed by atoms with Crippen LogP contribution in [0.1, 0.15) is 12.8 Å². The molecule has 1 aromatic rings. The summed E-state index contributed by atoms with van der Waals surface area (Å²) < 4.78 is 6.52. The quantitative estimate of drug-likeness (QED) is 0.874. The summed E-state index contributed by atoms with van der Waals surface area (Å²) in [6.07, 6.45) is 1.45. The topological polar surface area (TPSA) is 41.6 Å². The molecule has 1 aliphatic rings. The molecule has 1 fully saturated rings. The SMILES string of the molecule is CN(C(=O)CCOc1ccccc1Br)C1CCNC1.Cl. The number of nitrogens with zero attached hydrogens (tertiary/aromatic N) is 1. The molecule has 0 aromatic heterocycles. The van der Waals surface area contributed by atoms with Gasteiger partial charge in [-0.3, -0.25) is 4.79 Å². The van der Waals surface area contributed by atoms with Crippen LogP contribution in [0.4, 0.5) is 0 Å². The van der Waals surface area contributed by atoms with Crippen LogP contribution in [-0.4, -0.2) is 43.6 Å². The van der Waals surface area contributed by atoms with E-state index in [9.17, 15) is 4.79 Å². The van der Waals surface area contributed by atoms with Crippen molar-refractivity contribution >= 4 is 34.2 Å². The molecule has 0 radical (unpaired) electrons. The van der Waals surface area contributed by atoms with Gasteiger partial charge in [-0.05, 0) is 41.0 Å². The minimum absolute atomic E-state index is 0. The Kier molecular flexibility index (Phi) is 7.34. The van der Waals surface area contributed by atoms with Gasteiger partial charge in [0.2, 0.25) is 5.91 Å². The number of para-hydroxylation sites is 1. The fraction of sp³-hybridized carbons (Fsp3) is 0.500. The average molecular weight is 364 g/mol. The first kappa shape index (κ1) is 17.3. The average Bonchev–Trinajstić information content (AvgIpc) is 2.94. The normalized spacial score (nSPS) is 17.4. The Morgan fingerprint density at radius 1 is 1.50 bits per heavy atom. The van der Waals surface area contributed by atoms with Gasteiger partial charge in [-0.15, -0.1) is 12.4 Å². The molecule has 2 rings (SSSR count). The molecule has 1 atom stereocenters. The summed E-state index contributed by atoms with van der Waals surface area (Å²) in [6.45, 7) is 2.30.